The van der Waals surface area contributed by atoms with Crippen molar-refractivity contribution in [3.63, 3.8) is 0 Å². The predicted octanol–water partition coefficient (Wildman–Crippen LogP) is 5.04. The van der Waals surface area contributed by atoms with Crippen molar-refractivity contribution in [1.82, 2.24) is 15.3 Å². The summed E-state index contributed by atoms with van der Waals surface area (Å²) in [6.07, 6.45) is 0. The quantitative estimate of drug-likeness (QED) is 0.349. The second-order valence-electron chi connectivity index (χ2n) is 7.00. The first-order valence-electron chi connectivity index (χ1n) is 9.66. The first-order valence-corrected chi connectivity index (χ1v) is 11.0. The van der Waals surface area contributed by atoms with E-state index in [2.05, 4.69) is 47.9 Å². The lowest BCUT2D eigenvalue weighted by atomic mass is 10.1. The highest BCUT2D eigenvalue weighted by Gasteiger charge is 2.13. The fourth-order valence-corrected chi connectivity index (χ4v) is 3.55. The molecule has 152 valence electrons. The van der Waals surface area contributed by atoms with E-state index in [1.54, 1.807) is 6.07 Å². The van der Waals surface area contributed by atoms with Gasteiger partial charge in [-0.25, -0.2) is 9.97 Å². The molecule has 0 bridgehead atoms. The first kappa shape index (κ1) is 22.5. The Bertz CT molecular complexity index is 778. The van der Waals surface area contributed by atoms with Gasteiger partial charge in [0.1, 0.15) is 11.0 Å². The largest absolute Gasteiger partial charge is 0.357 e. The van der Waals surface area contributed by atoms with E-state index in [9.17, 15) is 4.79 Å². The number of thioether (sulfide) groups is 1. The Morgan fingerprint density at radius 2 is 1.79 bits per heavy atom. The van der Waals surface area contributed by atoms with Crippen LogP contribution in [0.4, 0.5) is 5.82 Å². The van der Waals surface area contributed by atoms with Gasteiger partial charge in [-0.2, -0.15) is 0 Å². The SMILES string of the molecule is CCN(CC)c1cc(Cl)nc(SCc2ccc(C(=O)NC(C)C(C)C)cc2)n1. The number of aromatic nitrogens is 2. The van der Waals surface area contributed by atoms with Gasteiger partial charge in [0, 0.05) is 36.5 Å². The molecule has 0 aliphatic carbocycles. The summed E-state index contributed by atoms with van der Waals surface area (Å²) < 4.78 is 0. The van der Waals surface area contributed by atoms with Crippen LogP contribution in [0.15, 0.2) is 35.5 Å². The minimum Gasteiger partial charge on any atom is -0.357 e. The summed E-state index contributed by atoms with van der Waals surface area (Å²) in [5.41, 5.74) is 1.77. The van der Waals surface area contributed by atoms with E-state index in [1.165, 1.54) is 11.8 Å². The molecule has 1 aromatic heterocycles. The van der Waals surface area contributed by atoms with Crippen LogP contribution in [0.5, 0.6) is 0 Å². The van der Waals surface area contributed by atoms with Crippen molar-refractivity contribution in [3.05, 3.63) is 46.6 Å². The van der Waals surface area contributed by atoms with Gasteiger partial charge in [0.05, 0.1) is 0 Å². The summed E-state index contributed by atoms with van der Waals surface area (Å²) in [6.45, 7) is 12.1. The normalized spacial score (nSPS) is 12.1. The molecular weight excluding hydrogens is 392 g/mol. The summed E-state index contributed by atoms with van der Waals surface area (Å²) >= 11 is 7.71. The van der Waals surface area contributed by atoms with E-state index in [4.69, 9.17) is 11.6 Å². The summed E-state index contributed by atoms with van der Waals surface area (Å²) in [5.74, 6) is 1.92. The Labute approximate surface area is 177 Å². The molecule has 1 amide bonds. The van der Waals surface area contributed by atoms with Crippen molar-refractivity contribution in [2.24, 2.45) is 5.92 Å². The fraction of sp³-hybridized carbons (Fsp3) is 0.476. The molecule has 0 aliphatic heterocycles. The van der Waals surface area contributed by atoms with Crippen molar-refractivity contribution < 1.29 is 4.79 Å². The molecule has 1 N–H and O–H groups in total. The number of rotatable bonds is 9. The Morgan fingerprint density at radius 1 is 1.14 bits per heavy atom. The van der Waals surface area contributed by atoms with Crippen molar-refractivity contribution >= 4 is 35.1 Å². The van der Waals surface area contributed by atoms with Crippen molar-refractivity contribution in [2.45, 2.75) is 51.6 Å². The Hall–Kier alpha value is -1.79. The first-order chi connectivity index (χ1) is 13.3. The highest BCUT2D eigenvalue weighted by Crippen LogP contribution is 2.24. The van der Waals surface area contributed by atoms with Crippen LogP contribution in [0.25, 0.3) is 0 Å². The second kappa shape index (κ2) is 10.7. The molecule has 0 spiro atoms. The lowest BCUT2D eigenvalue weighted by molar-refractivity contribution is 0.0930. The van der Waals surface area contributed by atoms with Crippen LogP contribution in [0.2, 0.25) is 5.15 Å². The predicted molar refractivity (Wildman–Crippen MR) is 118 cm³/mol. The van der Waals surface area contributed by atoms with E-state index in [0.29, 0.717) is 27.5 Å². The monoisotopic (exact) mass is 420 g/mol. The summed E-state index contributed by atoms with van der Waals surface area (Å²) in [4.78, 5) is 23.4. The Morgan fingerprint density at radius 3 is 2.36 bits per heavy atom. The topological polar surface area (TPSA) is 58.1 Å². The third kappa shape index (κ3) is 6.38. The van der Waals surface area contributed by atoms with Crippen LogP contribution in [-0.2, 0) is 5.75 Å². The molecule has 0 radical (unpaired) electrons. The number of anilines is 1. The van der Waals surface area contributed by atoms with Gasteiger partial charge in [-0.05, 0) is 44.4 Å². The molecule has 0 aliphatic rings. The van der Waals surface area contributed by atoms with Gasteiger partial charge in [-0.15, -0.1) is 0 Å². The molecule has 2 rings (SSSR count). The summed E-state index contributed by atoms with van der Waals surface area (Å²) in [7, 11) is 0. The molecule has 0 saturated heterocycles. The maximum Gasteiger partial charge on any atom is 0.251 e. The van der Waals surface area contributed by atoms with Gasteiger partial charge in [0.15, 0.2) is 5.16 Å². The van der Waals surface area contributed by atoms with Crippen LogP contribution in [0.3, 0.4) is 0 Å². The number of benzene rings is 1. The van der Waals surface area contributed by atoms with E-state index >= 15 is 0 Å². The molecule has 0 fully saturated rings. The molecule has 1 aromatic carbocycles. The van der Waals surface area contributed by atoms with Crippen LogP contribution in [0.1, 0.15) is 50.5 Å². The van der Waals surface area contributed by atoms with Gasteiger partial charge >= 0.3 is 0 Å². The highest BCUT2D eigenvalue weighted by atomic mass is 35.5. The standard InChI is InChI=1S/C21H29ClN4OS/c1-6-26(7-2)19-12-18(22)24-21(25-19)28-13-16-8-10-17(11-9-16)20(27)23-15(5)14(3)4/h8-12,14-15H,6-7,13H2,1-5H3,(H,23,27). The zero-order valence-electron chi connectivity index (χ0n) is 17.2. The van der Waals surface area contributed by atoms with Crippen LogP contribution in [0, 0.1) is 5.92 Å². The number of nitrogens with zero attached hydrogens (tertiary/aromatic N) is 3. The number of carbonyl (C=O) groups is 1. The van der Waals surface area contributed by atoms with Gasteiger partial charge < -0.3 is 10.2 Å². The third-order valence-electron chi connectivity index (χ3n) is 4.69. The van der Waals surface area contributed by atoms with Gasteiger partial charge in [0.2, 0.25) is 0 Å². The number of halogens is 1. The molecule has 2 aromatic rings. The van der Waals surface area contributed by atoms with E-state index < -0.39 is 0 Å². The van der Waals surface area contributed by atoms with Crippen LogP contribution in [-0.4, -0.2) is 35.0 Å². The van der Waals surface area contributed by atoms with Crippen LogP contribution >= 0.6 is 23.4 Å². The lowest BCUT2D eigenvalue weighted by Crippen LogP contribution is -2.36. The average molecular weight is 421 g/mol. The second-order valence-corrected chi connectivity index (χ2v) is 8.33. The molecule has 1 atom stereocenters. The number of nitrogens with one attached hydrogen (secondary N) is 1. The van der Waals surface area contributed by atoms with Gasteiger partial charge in [-0.1, -0.05) is 49.3 Å². The van der Waals surface area contributed by atoms with E-state index in [-0.39, 0.29) is 11.9 Å². The zero-order valence-corrected chi connectivity index (χ0v) is 18.8. The van der Waals surface area contributed by atoms with Gasteiger partial charge in [0.25, 0.3) is 5.91 Å². The molecule has 28 heavy (non-hydrogen) atoms. The average Bonchev–Trinajstić information content (AvgIpc) is 2.67. The maximum atomic E-state index is 12.3. The third-order valence-corrected chi connectivity index (χ3v) is 5.80. The summed E-state index contributed by atoms with van der Waals surface area (Å²) in [5, 5.41) is 4.13. The van der Waals surface area contributed by atoms with Gasteiger partial charge in [-0.3, -0.25) is 4.79 Å². The molecule has 7 heteroatoms. The van der Waals surface area contributed by atoms with E-state index in [0.717, 1.165) is 24.5 Å². The smallest absolute Gasteiger partial charge is 0.251 e. The summed E-state index contributed by atoms with van der Waals surface area (Å²) in [6, 6.07) is 9.60. The minimum atomic E-state index is -0.0394. The van der Waals surface area contributed by atoms with Crippen molar-refractivity contribution in [2.75, 3.05) is 18.0 Å². The molecule has 0 saturated carbocycles. The lowest BCUT2D eigenvalue weighted by Gasteiger charge is -2.20. The highest BCUT2D eigenvalue weighted by molar-refractivity contribution is 7.98. The molecular formula is C21H29ClN4OS. The molecule has 5 nitrogen and oxygen atoms in total. The maximum absolute atomic E-state index is 12.3. The minimum absolute atomic E-state index is 0.0394. The Balaban J connectivity index is 2.01. The van der Waals surface area contributed by atoms with Crippen molar-refractivity contribution in [3.8, 4) is 0 Å². The number of carbonyl (C=O) groups excluding carboxylic acids is 1. The Kier molecular flexibility index (Phi) is 8.58. The number of hydrogen-bond acceptors (Lipinski definition) is 5. The number of amides is 1. The van der Waals surface area contributed by atoms with Crippen LogP contribution < -0.4 is 10.2 Å². The molecule has 1 unspecified atom stereocenters. The fourth-order valence-electron chi connectivity index (χ4n) is 2.52. The van der Waals surface area contributed by atoms with E-state index in [1.807, 2.05) is 31.2 Å². The molecule has 1 heterocycles. The zero-order chi connectivity index (χ0) is 20.7. The van der Waals surface area contributed by atoms with Crippen molar-refractivity contribution in [1.29, 1.82) is 0 Å². The number of hydrogen-bond donors (Lipinski definition) is 1.